The van der Waals surface area contributed by atoms with Crippen LogP contribution in [0.1, 0.15) is 15.9 Å². The Bertz CT molecular complexity index is 839. The third kappa shape index (κ3) is 5.12. The number of anilines is 2. The van der Waals surface area contributed by atoms with Crippen molar-refractivity contribution >= 4 is 17.5 Å². The quantitative estimate of drug-likeness (QED) is 0.622. The SMILES string of the molecule is COCCNc1ncc(C(=O)N(Cc2ccccc2)c2ccccc2)cn1. The Morgan fingerprint density at radius 3 is 2.26 bits per heavy atom. The van der Waals surface area contributed by atoms with E-state index in [1.807, 2.05) is 60.7 Å². The summed E-state index contributed by atoms with van der Waals surface area (Å²) < 4.78 is 4.98. The van der Waals surface area contributed by atoms with E-state index in [0.717, 1.165) is 11.3 Å². The molecule has 6 heteroatoms. The Kier molecular flexibility index (Phi) is 6.49. The van der Waals surface area contributed by atoms with Gasteiger partial charge in [-0.1, -0.05) is 48.5 Å². The summed E-state index contributed by atoms with van der Waals surface area (Å²) >= 11 is 0. The van der Waals surface area contributed by atoms with Crippen LogP contribution in [0.4, 0.5) is 11.6 Å². The molecule has 0 aliphatic carbocycles. The summed E-state index contributed by atoms with van der Waals surface area (Å²) in [5.41, 5.74) is 2.31. The minimum atomic E-state index is -0.145. The van der Waals surface area contributed by atoms with Gasteiger partial charge in [-0.3, -0.25) is 4.79 Å². The van der Waals surface area contributed by atoms with Gasteiger partial charge in [0.1, 0.15) is 0 Å². The van der Waals surface area contributed by atoms with Crippen LogP contribution >= 0.6 is 0 Å². The Labute approximate surface area is 158 Å². The van der Waals surface area contributed by atoms with Crippen molar-refractivity contribution in [2.45, 2.75) is 6.54 Å². The monoisotopic (exact) mass is 362 g/mol. The van der Waals surface area contributed by atoms with Crippen LogP contribution in [-0.2, 0) is 11.3 Å². The van der Waals surface area contributed by atoms with E-state index in [4.69, 9.17) is 4.74 Å². The lowest BCUT2D eigenvalue weighted by atomic mass is 10.1. The first-order valence-electron chi connectivity index (χ1n) is 8.73. The highest BCUT2D eigenvalue weighted by molar-refractivity contribution is 6.05. The van der Waals surface area contributed by atoms with Gasteiger partial charge in [-0.15, -0.1) is 0 Å². The van der Waals surface area contributed by atoms with Crippen LogP contribution in [0.15, 0.2) is 73.1 Å². The number of nitrogens with zero attached hydrogens (tertiary/aromatic N) is 3. The lowest BCUT2D eigenvalue weighted by Crippen LogP contribution is -2.30. The van der Waals surface area contributed by atoms with Gasteiger partial charge in [0.2, 0.25) is 5.95 Å². The molecule has 1 N–H and O–H groups in total. The molecule has 6 nitrogen and oxygen atoms in total. The molecule has 1 aromatic heterocycles. The Hall–Kier alpha value is -3.25. The van der Waals surface area contributed by atoms with Crippen molar-refractivity contribution in [1.29, 1.82) is 0 Å². The molecular weight excluding hydrogens is 340 g/mol. The van der Waals surface area contributed by atoms with Gasteiger partial charge in [-0.05, 0) is 17.7 Å². The highest BCUT2D eigenvalue weighted by atomic mass is 16.5. The van der Waals surface area contributed by atoms with Gasteiger partial charge in [0, 0.05) is 31.7 Å². The van der Waals surface area contributed by atoms with E-state index >= 15 is 0 Å². The summed E-state index contributed by atoms with van der Waals surface area (Å²) in [6.07, 6.45) is 3.09. The van der Waals surface area contributed by atoms with Crippen LogP contribution in [0.3, 0.4) is 0 Å². The minimum absolute atomic E-state index is 0.145. The van der Waals surface area contributed by atoms with Crippen molar-refractivity contribution in [2.75, 3.05) is 30.5 Å². The van der Waals surface area contributed by atoms with Gasteiger partial charge in [-0.2, -0.15) is 0 Å². The van der Waals surface area contributed by atoms with Gasteiger partial charge in [-0.25, -0.2) is 9.97 Å². The number of amides is 1. The summed E-state index contributed by atoms with van der Waals surface area (Å²) in [5.74, 6) is 0.325. The highest BCUT2D eigenvalue weighted by Crippen LogP contribution is 2.19. The van der Waals surface area contributed by atoms with Crippen molar-refractivity contribution < 1.29 is 9.53 Å². The number of para-hydroxylation sites is 1. The molecular formula is C21H22N4O2. The fourth-order valence-electron chi connectivity index (χ4n) is 2.60. The molecule has 3 aromatic rings. The van der Waals surface area contributed by atoms with Crippen LogP contribution in [0, 0.1) is 0 Å². The van der Waals surface area contributed by atoms with Crippen LogP contribution in [0.5, 0.6) is 0 Å². The van der Waals surface area contributed by atoms with Crippen LogP contribution < -0.4 is 10.2 Å². The number of hydrogen-bond donors (Lipinski definition) is 1. The molecule has 0 fully saturated rings. The first kappa shape index (κ1) is 18.5. The van der Waals surface area contributed by atoms with Crippen LogP contribution in [0.2, 0.25) is 0 Å². The van der Waals surface area contributed by atoms with Crippen LogP contribution in [-0.4, -0.2) is 36.1 Å². The standard InChI is InChI=1S/C21H22N4O2/c1-27-13-12-22-21-23-14-18(15-24-21)20(26)25(19-10-6-3-7-11-19)16-17-8-4-2-5-9-17/h2-11,14-15H,12-13,16H2,1H3,(H,22,23,24). The minimum Gasteiger partial charge on any atom is -0.383 e. The second kappa shape index (κ2) is 9.45. The molecule has 0 radical (unpaired) electrons. The summed E-state index contributed by atoms with van der Waals surface area (Å²) in [4.78, 5) is 23.3. The maximum Gasteiger partial charge on any atom is 0.261 e. The molecule has 1 heterocycles. The van der Waals surface area contributed by atoms with E-state index in [9.17, 15) is 4.79 Å². The average Bonchev–Trinajstić information content (AvgIpc) is 2.74. The number of carbonyl (C=O) groups is 1. The fraction of sp³-hybridized carbons (Fsp3) is 0.190. The highest BCUT2D eigenvalue weighted by Gasteiger charge is 2.19. The van der Waals surface area contributed by atoms with Crippen molar-refractivity contribution in [3.8, 4) is 0 Å². The first-order chi connectivity index (χ1) is 13.3. The first-order valence-corrected chi connectivity index (χ1v) is 8.73. The van der Waals surface area contributed by atoms with E-state index < -0.39 is 0 Å². The second-order valence-corrected chi connectivity index (χ2v) is 5.93. The summed E-state index contributed by atoms with van der Waals surface area (Å²) in [5, 5.41) is 3.04. The van der Waals surface area contributed by atoms with Crippen molar-refractivity contribution in [3.63, 3.8) is 0 Å². The topological polar surface area (TPSA) is 67.3 Å². The summed E-state index contributed by atoms with van der Waals surface area (Å²) in [6.45, 7) is 1.63. The van der Waals surface area contributed by atoms with E-state index in [0.29, 0.717) is 31.2 Å². The number of rotatable bonds is 8. The van der Waals surface area contributed by atoms with Crippen LogP contribution in [0.25, 0.3) is 0 Å². The smallest absolute Gasteiger partial charge is 0.261 e. The molecule has 1 amide bonds. The van der Waals surface area contributed by atoms with Gasteiger partial charge < -0.3 is 15.0 Å². The predicted molar refractivity (Wildman–Crippen MR) is 106 cm³/mol. The van der Waals surface area contributed by atoms with Gasteiger partial charge >= 0.3 is 0 Å². The number of carbonyl (C=O) groups excluding carboxylic acids is 1. The lowest BCUT2D eigenvalue weighted by molar-refractivity contribution is 0.0984. The van der Waals surface area contributed by atoms with Crippen molar-refractivity contribution in [1.82, 2.24) is 9.97 Å². The molecule has 0 atom stereocenters. The molecule has 0 saturated carbocycles. The van der Waals surface area contributed by atoms with Crippen molar-refractivity contribution in [3.05, 3.63) is 84.2 Å². The number of ether oxygens (including phenoxy) is 1. The zero-order chi connectivity index (χ0) is 18.9. The third-order valence-electron chi connectivity index (χ3n) is 3.98. The van der Waals surface area contributed by atoms with E-state index in [2.05, 4.69) is 15.3 Å². The Balaban J connectivity index is 1.80. The average molecular weight is 362 g/mol. The molecule has 0 saturated heterocycles. The largest absolute Gasteiger partial charge is 0.383 e. The molecule has 0 spiro atoms. The second-order valence-electron chi connectivity index (χ2n) is 5.93. The molecule has 138 valence electrons. The maximum absolute atomic E-state index is 13.1. The fourth-order valence-corrected chi connectivity index (χ4v) is 2.60. The number of nitrogens with one attached hydrogen (secondary N) is 1. The molecule has 27 heavy (non-hydrogen) atoms. The molecule has 0 aliphatic heterocycles. The maximum atomic E-state index is 13.1. The Morgan fingerprint density at radius 1 is 1.00 bits per heavy atom. The van der Waals surface area contributed by atoms with Gasteiger partial charge in [0.15, 0.2) is 0 Å². The van der Waals surface area contributed by atoms with Gasteiger partial charge in [0.25, 0.3) is 5.91 Å². The zero-order valence-electron chi connectivity index (χ0n) is 15.2. The molecule has 3 rings (SSSR count). The normalized spacial score (nSPS) is 10.4. The van der Waals surface area contributed by atoms with E-state index in [1.165, 1.54) is 0 Å². The molecule has 0 unspecified atom stereocenters. The predicted octanol–water partition coefficient (Wildman–Crippen LogP) is 3.38. The Morgan fingerprint density at radius 2 is 1.63 bits per heavy atom. The molecule has 2 aromatic carbocycles. The molecule has 0 aliphatic rings. The number of aromatic nitrogens is 2. The third-order valence-corrected chi connectivity index (χ3v) is 3.98. The number of methoxy groups -OCH3 is 1. The number of benzene rings is 2. The zero-order valence-corrected chi connectivity index (χ0v) is 15.2. The summed E-state index contributed by atoms with van der Waals surface area (Å²) in [6, 6.07) is 19.5. The van der Waals surface area contributed by atoms with E-state index in [1.54, 1.807) is 24.4 Å². The number of hydrogen-bond acceptors (Lipinski definition) is 5. The van der Waals surface area contributed by atoms with E-state index in [-0.39, 0.29) is 5.91 Å². The summed E-state index contributed by atoms with van der Waals surface area (Å²) in [7, 11) is 1.63. The van der Waals surface area contributed by atoms with Gasteiger partial charge in [0.05, 0.1) is 18.7 Å². The molecule has 0 bridgehead atoms. The van der Waals surface area contributed by atoms with Crippen molar-refractivity contribution in [2.24, 2.45) is 0 Å². The lowest BCUT2D eigenvalue weighted by Gasteiger charge is -2.23.